The summed E-state index contributed by atoms with van der Waals surface area (Å²) in [4.78, 5) is 63.6. The van der Waals surface area contributed by atoms with Crippen molar-refractivity contribution in [2.45, 2.75) is 123 Å². The summed E-state index contributed by atoms with van der Waals surface area (Å²) in [7, 11) is 6.65. The highest BCUT2D eigenvalue weighted by Gasteiger charge is 2.43. The number of thiazole rings is 1. The van der Waals surface area contributed by atoms with Crippen LogP contribution < -0.4 is 16.0 Å². The third-order valence-corrected chi connectivity index (χ3v) is 12.0. The molecule has 3 rings (SSSR count). The largest absolute Gasteiger partial charge is 0.379 e. The molecule has 54 heavy (non-hydrogen) atoms. The van der Waals surface area contributed by atoms with Crippen molar-refractivity contribution in [3.8, 4) is 0 Å². The lowest BCUT2D eigenvalue weighted by atomic mass is 9.89. The number of hydrogen-bond donors (Lipinski definition) is 3. The Kier molecular flexibility index (Phi) is 18.0. The van der Waals surface area contributed by atoms with E-state index >= 15 is 0 Å². The minimum absolute atomic E-state index is 0.00702. The summed E-state index contributed by atoms with van der Waals surface area (Å²) in [5.41, 5.74) is 1.09. The number of aromatic nitrogens is 1. The molecule has 1 aliphatic rings. The number of rotatable bonds is 21. The predicted molar refractivity (Wildman–Crippen MR) is 214 cm³/mol. The Morgan fingerprint density at radius 2 is 1.63 bits per heavy atom. The third kappa shape index (κ3) is 11.6. The highest BCUT2D eigenvalue weighted by molar-refractivity contribution is 7.09. The first-order valence-electron chi connectivity index (χ1n) is 19.5. The fourth-order valence-corrected chi connectivity index (χ4v) is 8.50. The van der Waals surface area contributed by atoms with Crippen molar-refractivity contribution in [1.82, 2.24) is 30.7 Å². The average Bonchev–Trinajstić information content (AvgIpc) is 3.87. The number of nitrogens with zero attached hydrogens (tertiary/aromatic N) is 3. The van der Waals surface area contributed by atoms with E-state index in [2.05, 4.69) is 34.8 Å². The second-order valence-corrected chi connectivity index (χ2v) is 16.4. The monoisotopic (exact) mass is 770 g/mol. The molecular formula is C41H66N6O6S. The van der Waals surface area contributed by atoms with E-state index in [9.17, 15) is 19.2 Å². The molecule has 0 spiro atoms. The van der Waals surface area contributed by atoms with Crippen LogP contribution in [0, 0.1) is 23.7 Å². The quantitative estimate of drug-likeness (QED) is 0.164. The van der Waals surface area contributed by atoms with E-state index in [1.54, 1.807) is 39.4 Å². The first-order valence-corrected chi connectivity index (χ1v) is 20.4. The third-order valence-electron chi connectivity index (χ3n) is 11.1. The van der Waals surface area contributed by atoms with Gasteiger partial charge in [0.25, 0.3) is 0 Å². The molecule has 1 fully saturated rings. The lowest BCUT2D eigenvalue weighted by Crippen LogP contribution is -2.59. The summed E-state index contributed by atoms with van der Waals surface area (Å²) >= 11 is 1.51. The molecule has 2 aromatic rings. The van der Waals surface area contributed by atoms with Crippen molar-refractivity contribution in [2.24, 2.45) is 23.7 Å². The van der Waals surface area contributed by atoms with Gasteiger partial charge in [-0.25, -0.2) is 4.98 Å². The predicted octanol–water partition coefficient (Wildman–Crippen LogP) is 4.85. The van der Waals surface area contributed by atoms with Gasteiger partial charge in [-0.1, -0.05) is 85.2 Å². The number of carbonyl (C=O) groups is 4. The van der Waals surface area contributed by atoms with Crippen LogP contribution in [0.25, 0.3) is 0 Å². The molecule has 4 amide bonds. The number of carbonyl (C=O) groups excluding carboxylic acids is 4. The fourth-order valence-electron chi connectivity index (χ4n) is 7.81. The van der Waals surface area contributed by atoms with Gasteiger partial charge in [-0.3, -0.25) is 19.2 Å². The van der Waals surface area contributed by atoms with Crippen molar-refractivity contribution in [1.29, 1.82) is 0 Å². The Morgan fingerprint density at radius 3 is 2.17 bits per heavy atom. The van der Waals surface area contributed by atoms with Crippen LogP contribution in [0.5, 0.6) is 0 Å². The highest BCUT2D eigenvalue weighted by Crippen LogP contribution is 2.30. The van der Waals surface area contributed by atoms with E-state index in [-0.39, 0.29) is 59.9 Å². The molecule has 13 heteroatoms. The van der Waals surface area contributed by atoms with Crippen LogP contribution >= 0.6 is 11.3 Å². The van der Waals surface area contributed by atoms with Crippen LogP contribution in [-0.4, -0.2) is 110 Å². The maximum Gasteiger partial charge on any atom is 0.245 e. The zero-order valence-corrected chi connectivity index (χ0v) is 35.2. The summed E-state index contributed by atoms with van der Waals surface area (Å²) in [5, 5.41) is 12.0. The van der Waals surface area contributed by atoms with Crippen molar-refractivity contribution >= 4 is 35.0 Å². The van der Waals surface area contributed by atoms with E-state index < -0.39 is 36.3 Å². The summed E-state index contributed by atoms with van der Waals surface area (Å²) in [6.07, 6.45) is 3.48. The van der Waals surface area contributed by atoms with Gasteiger partial charge in [-0.05, 0) is 49.6 Å². The molecule has 302 valence electrons. The second-order valence-electron chi connectivity index (χ2n) is 15.5. The molecular weight excluding hydrogens is 705 g/mol. The highest BCUT2D eigenvalue weighted by atomic mass is 32.1. The summed E-state index contributed by atoms with van der Waals surface area (Å²) in [6, 6.07) is 7.77. The number of amides is 4. The number of likely N-dealkylation sites (tertiary alicyclic amines) is 1. The van der Waals surface area contributed by atoms with Gasteiger partial charge in [-0.15, -0.1) is 11.3 Å². The lowest BCUT2D eigenvalue weighted by molar-refractivity contribution is -0.147. The second kappa shape index (κ2) is 21.6. The molecule has 3 N–H and O–H groups in total. The van der Waals surface area contributed by atoms with Crippen LogP contribution in [0.4, 0.5) is 0 Å². The number of benzene rings is 1. The van der Waals surface area contributed by atoms with Crippen molar-refractivity contribution < 1.29 is 28.7 Å². The van der Waals surface area contributed by atoms with Gasteiger partial charge < -0.3 is 35.2 Å². The summed E-state index contributed by atoms with van der Waals surface area (Å²) < 4.78 is 12.1. The fraction of sp³-hybridized carbons (Fsp3) is 0.683. The molecule has 0 saturated carbocycles. The molecule has 1 aromatic carbocycles. The van der Waals surface area contributed by atoms with E-state index in [1.165, 1.54) is 11.3 Å². The Morgan fingerprint density at radius 1 is 0.963 bits per heavy atom. The maximum atomic E-state index is 14.3. The molecule has 2 heterocycles. The van der Waals surface area contributed by atoms with Crippen LogP contribution in [-0.2, 0) is 35.1 Å². The van der Waals surface area contributed by atoms with Gasteiger partial charge in [0.05, 0.1) is 48.7 Å². The van der Waals surface area contributed by atoms with Gasteiger partial charge in [-0.2, -0.15) is 0 Å². The minimum Gasteiger partial charge on any atom is -0.379 e. The number of nitrogens with one attached hydrogen (secondary N) is 3. The van der Waals surface area contributed by atoms with Crippen LogP contribution in [0.3, 0.4) is 0 Å². The topological polar surface area (TPSA) is 142 Å². The molecule has 1 saturated heterocycles. The minimum atomic E-state index is -0.752. The van der Waals surface area contributed by atoms with Gasteiger partial charge in [0.15, 0.2) is 0 Å². The molecule has 12 nitrogen and oxygen atoms in total. The zero-order valence-electron chi connectivity index (χ0n) is 34.3. The number of ether oxygens (including phenoxy) is 2. The molecule has 0 aliphatic carbocycles. The van der Waals surface area contributed by atoms with E-state index in [4.69, 9.17) is 9.47 Å². The van der Waals surface area contributed by atoms with Crippen molar-refractivity contribution in [3.63, 3.8) is 0 Å². The van der Waals surface area contributed by atoms with Crippen LogP contribution in [0.15, 0.2) is 41.9 Å². The average molecular weight is 771 g/mol. The molecule has 1 aliphatic heterocycles. The summed E-state index contributed by atoms with van der Waals surface area (Å²) in [5.74, 6) is -1.41. The Bertz CT molecular complexity index is 1460. The van der Waals surface area contributed by atoms with Crippen LogP contribution in [0.1, 0.15) is 90.8 Å². The number of hydrogen-bond acceptors (Lipinski definition) is 9. The standard InChI is InChI=1S/C41H66N6O6S/c1-12-27(6)36(46(9)41(51)35(26(4)5)45-39(50)34(42-8)25(2)3)32(52-10)24-33(48)47-21-16-19-31(47)37(53-11)28(7)38(49)44-30(40-43-20-22-54-40)23-29-17-14-13-15-18-29/h13-15,17-18,20,22,25-28,30-32,34-37,42H,12,16,19,21,23-24H2,1-11H3,(H,44,49)(H,45,50)/t27?,28?,30?,31-,32?,34?,35?,36?,37?/m0/s1. The van der Waals surface area contributed by atoms with Crippen molar-refractivity contribution in [2.75, 3.05) is 34.9 Å². The molecule has 9 atom stereocenters. The first-order chi connectivity index (χ1) is 25.7. The molecule has 1 aromatic heterocycles. The number of methoxy groups -OCH3 is 2. The normalized spacial score (nSPS) is 19.1. The smallest absolute Gasteiger partial charge is 0.245 e. The number of likely N-dealkylation sites (N-methyl/N-ethyl adjacent to an activating group) is 2. The van der Waals surface area contributed by atoms with Crippen LogP contribution in [0.2, 0.25) is 0 Å². The Labute approximate surface area is 327 Å². The molecule has 0 radical (unpaired) electrons. The Hall–Kier alpha value is -3.39. The van der Waals surface area contributed by atoms with Crippen molar-refractivity contribution in [3.05, 3.63) is 52.5 Å². The first kappa shape index (κ1) is 45.0. The van der Waals surface area contributed by atoms with Gasteiger partial charge in [0, 0.05) is 39.4 Å². The summed E-state index contributed by atoms with van der Waals surface area (Å²) in [6.45, 7) is 14.3. The van der Waals surface area contributed by atoms with E-state index in [0.717, 1.165) is 23.4 Å². The molecule has 0 bridgehead atoms. The van der Waals surface area contributed by atoms with Gasteiger partial charge in [0.2, 0.25) is 23.6 Å². The van der Waals surface area contributed by atoms with Gasteiger partial charge in [0.1, 0.15) is 11.0 Å². The maximum absolute atomic E-state index is 14.3. The zero-order chi connectivity index (χ0) is 40.1. The molecule has 8 unspecified atom stereocenters. The van der Waals surface area contributed by atoms with E-state index in [1.807, 2.05) is 75.2 Å². The SMILES string of the molecule is CCC(C)C(C(CC(=O)N1CCC[C@H]1C(OC)C(C)C(=O)NC(Cc1ccccc1)c1nccs1)OC)N(C)C(=O)C(NC(=O)C(NC)C(C)C)C(C)C. The van der Waals surface area contributed by atoms with E-state index in [0.29, 0.717) is 19.4 Å². The van der Waals surface area contributed by atoms with Gasteiger partial charge >= 0.3 is 0 Å². The lowest BCUT2D eigenvalue weighted by Gasteiger charge is -2.41. The Balaban J connectivity index is 1.78.